The summed E-state index contributed by atoms with van der Waals surface area (Å²) in [6, 6.07) is 4.79. The van der Waals surface area contributed by atoms with Gasteiger partial charge >= 0.3 is 12.6 Å². The van der Waals surface area contributed by atoms with Crippen LogP contribution in [-0.2, 0) is 14.3 Å². The predicted octanol–water partition coefficient (Wildman–Crippen LogP) is 1.60. The number of hydrogen-bond donors (Lipinski definition) is 0. The molecule has 0 heterocycles. The quantitative estimate of drug-likeness (QED) is 0.340. The Kier molecular flexibility index (Phi) is 5.11. The molecule has 0 saturated heterocycles. The average molecular weight is 272 g/mol. The number of methoxy groups -OCH3 is 1. The molecule has 0 aliphatic carbocycles. The zero-order valence-corrected chi connectivity index (χ0v) is 9.89. The fraction of sp³-hybridized carbons (Fsp3) is 0.250. The largest absolute Gasteiger partial charge is 0.463 e. The summed E-state index contributed by atoms with van der Waals surface area (Å²) >= 11 is 0. The van der Waals surface area contributed by atoms with Gasteiger partial charge in [-0.1, -0.05) is 0 Å². The number of ketones is 2. The van der Waals surface area contributed by atoms with E-state index in [0.717, 1.165) is 7.11 Å². The van der Waals surface area contributed by atoms with Crippen LogP contribution >= 0.6 is 0 Å². The molecule has 0 radical (unpaired) electrons. The minimum atomic E-state index is -2.96. The Morgan fingerprint density at radius 1 is 1.16 bits per heavy atom. The molecule has 1 aromatic rings. The number of esters is 1. The molecule has 0 aliphatic heterocycles. The lowest BCUT2D eigenvalue weighted by Gasteiger charge is -2.05. The topological polar surface area (TPSA) is 69.7 Å². The molecule has 1 aromatic carbocycles. The van der Waals surface area contributed by atoms with Crippen molar-refractivity contribution in [1.29, 1.82) is 0 Å². The summed E-state index contributed by atoms with van der Waals surface area (Å²) in [5, 5.41) is 0. The number of rotatable bonds is 6. The van der Waals surface area contributed by atoms with Gasteiger partial charge in [-0.2, -0.15) is 8.78 Å². The van der Waals surface area contributed by atoms with E-state index in [1.807, 2.05) is 0 Å². The summed E-state index contributed by atoms with van der Waals surface area (Å²) < 4.78 is 32.1. The van der Waals surface area contributed by atoms with Gasteiger partial charge in [0.05, 0.1) is 13.5 Å². The minimum Gasteiger partial charge on any atom is -0.463 e. The van der Waals surface area contributed by atoms with Crippen molar-refractivity contribution >= 4 is 17.5 Å². The highest BCUT2D eigenvalue weighted by atomic mass is 19.3. The lowest BCUT2D eigenvalue weighted by molar-refractivity contribution is -0.151. The molecule has 0 aromatic heterocycles. The molecular formula is C12H10F2O5. The highest BCUT2D eigenvalue weighted by Gasteiger charge is 2.19. The molecular weight excluding hydrogens is 262 g/mol. The number of carbonyl (C=O) groups is 3. The van der Waals surface area contributed by atoms with Crippen molar-refractivity contribution in [3.05, 3.63) is 29.8 Å². The van der Waals surface area contributed by atoms with Gasteiger partial charge in [0.25, 0.3) is 0 Å². The minimum absolute atomic E-state index is 0.106. The second-order valence-corrected chi connectivity index (χ2v) is 3.42. The van der Waals surface area contributed by atoms with Crippen LogP contribution in [-0.4, -0.2) is 31.3 Å². The molecule has 1 rings (SSSR count). The van der Waals surface area contributed by atoms with Crippen LogP contribution in [0.5, 0.6) is 5.75 Å². The Morgan fingerprint density at radius 2 is 1.74 bits per heavy atom. The van der Waals surface area contributed by atoms with Crippen LogP contribution < -0.4 is 4.74 Å². The summed E-state index contributed by atoms with van der Waals surface area (Å²) in [5.74, 6) is -2.80. The number of halogens is 2. The van der Waals surface area contributed by atoms with Gasteiger partial charge < -0.3 is 9.47 Å². The van der Waals surface area contributed by atoms with Crippen LogP contribution in [0.15, 0.2) is 24.3 Å². The first-order valence-corrected chi connectivity index (χ1v) is 5.13. The van der Waals surface area contributed by atoms with Gasteiger partial charge in [0.15, 0.2) is 5.78 Å². The monoisotopic (exact) mass is 272 g/mol. The number of carbonyl (C=O) groups excluding carboxylic acids is 3. The number of hydrogen-bond acceptors (Lipinski definition) is 5. The van der Waals surface area contributed by atoms with Crippen LogP contribution in [0, 0.1) is 0 Å². The fourth-order valence-corrected chi connectivity index (χ4v) is 1.26. The third-order valence-corrected chi connectivity index (χ3v) is 2.14. The molecule has 0 N–H and O–H groups in total. The van der Waals surface area contributed by atoms with E-state index in [0.29, 0.717) is 0 Å². The van der Waals surface area contributed by atoms with E-state index >= 15 is 0 Å². The maximum atomic E-state index is 11.9. The van der Waals surface area contributed by atoms with Gasteiger partial charge in [-0.15, -0.1) is 0 Å². The lowest BCUT2D eigenvalue weighted by Crippen LogP contribution is -2.19. The van der Waals surface area contributed by atoms with Crippen molar-refractivity contribution in [1.82, 2.24) is 0 Å². The van der Waals surface area contributed by atoms with Gasteiger partial charge in [-0.25, -0.2) is 4.79 Å². The van der Waals surface area contributed by atoms with Crippen LogP contribution in [0.2, 0.25) is 0 Å². The third kappa shape index (κ3) is 4.46. The van der Waals surface area contributed by atoms with E-state index in [1.54, 1.807) is 0 Å². The average Bonchev–Trinajstić information content (AvgIpc) is 2.37. The normalized spacial score (nSPS) is 10.1. The first-order valence-electron chi connectivity index (χ1n) is 5.13. The summed E-state index contributed by atoms with van der Waals surface area (Å²) in [4.78, 5) is 33.6. The summed E-state index contributed by atoms with van der Waals surface area (Å²) in [6.45, 7) is -2.96. The smallest absolute Gasteiger partial charge is 0.387 e. The van der Waals surface area contributed by atoms with Crippen LogP contribution in [0.1, 0.15) is 16.8 Å². The second-order valence-electron chi connectivity index (χ2n) is 3.42. The van der Waals surface area contributed by atoms with Crippen LogP contribution in [0.25, 0.3) is 0 Å². The first-order chi connectivity index (χ1) is 8.93. The highest BCUT2D eigenvalue weighted by Crippen LogP contribution is 2.15. The molecule has 102 valence electrons. The maximum absolute atomic E-state index is 11.9. The Morgan fingerprint density at radius 3 is 2.21 bits per heavy atom. The number of Topliss-reactive ketones (excluding diaryl/α,β-unsaturated/α-hetero) is 2. The van der Waals surface area contributed by atoms with Crippen molar-refractivity contribution in [2.24, 2.45) is 0 Å². The van der Waals surface area contributed by atoms with Gasteiger partial charge in [0, 0.05) is 5.56 Å². The number of ether oxygens (including phenoxy) is 2. The summed E-state index contributed by atoms with van der Waals surface area (Å²) in [6.07, 6.45) is -0.637. The van der Waals surface area contributed by atoms with Crippen LogP contribution in [0.3, 0.4) is 0 Å². The molecule has 7 heteroatoms. The van der Waals surface area contributed by atoms with Crippen LogP contribution in [0.4, 0.5) is 8.78 Å². The van der Waals surface area contributed by atoms with Crippen molar-refractivity contribution in [3.63, 3.8) is 0 Å². The van der Waals surface area contributed by atoms with E-state index in [9.17, 15) is 23.2 Å². The van der Waals surface area contributed by atoms with Gasteiger partial charge in [0.2, 0.25) is 5.78 Å². The zero-order chi connectivity index (χ0) is 14.4. The Bertz CT molecular complexity index is 481. The highest BCUT2D eigenvalue weighted by molar-refractivity contribution is 6.38. The van der Waals surface area contributed by atoms with Crippen molar-refractivity contribution in [3.8, 4) is 5.75 Å². The Balaban J connectivity index is 2.68. The molecule has 0 fully saturated rings. The number of benzene rings is 1. The molecule has 0 aliphatic rings. The SMILES string of the molecule is COC(=O)C(=O)CC(=O)c1ccc(OC(F)F)cc1. The summed E-state index contributed by atoms with van der Waals surface area (Å²) in [5.41, 5.74) is 0.110. The molecule has 0 unspecified atom stereocenters. The zero-order valence-electron chi connectivity index (χ0n) is 9.89. The Hall–Kier alpha value is -2.31. The van der Waals surface area contributed by atoms with E-state index in [1.165, 1.54) is 24.3 Å². The molecule has 0 spiro atoms. The van der Waals surface area contributed by atoms with E-state index in [-0.39, 0.29) is 11.3 Å². The fourth-order valence-electron chi connectivity index (χ4n) is 1.26. The molecule has 0 saturated carbocycles. The molecule has 5 nitrogen and oxygen atoms in total. The number of alkyl halides is 2. The molecule has 19 heavy (non-hydrogen) atoms. The molecule has 0 atom stereocenters. The van der Waals surface area contributed by atoms with Crippen molar-refractivity contribution in [2.75, 3.05) is 7.11 Å². The Labute approximate surface area is 107 Å². The third-order valence-electron chi connectivity index (χ3n) is 2.14. The standard InChI is InChI=1S/C12H10F2O5/c1-18-11(17)10(16)6-9(15)7-2-4-8(5-3-7)19-12(13)14/h2-5,12H,6H2,1H3. The maximum Gasteiger partial charge on any atom is 0.387 e. The van der Waals surface area contributed by atoms with Crippen molar-refractivity contribution in [2.45, 2.75) is 13.0 Å². The van der Waals surface area contributed by atoms with Gasteiger partial charge in [-0.05, 0) is 24.3 Å². The van der Waals surface area contributed by atoms with Crippen molar-refractivity contribution < 1.29 is 32.6 Å². The van der Waals surface area contributed by atoms with E-state index in [2.05, 4.69) is 9.47 Å². The first kappa shape index (κ1) is 14.7. The summed E-state index contributed by atoms with van der Waals surface area (Å²) in [7, 11) is 1.03. The van der Waals surface area contributed by atoms with E-state index in [4.69, 9.17) is 0 Å². The second kappa shape index (κ2) is 6.58. The molecule has 0 amide bonds. The van der Waals surface area contributed by atoms with E-state index < -0.39 is 30.6 Å². The predicted molar refractivity (Wildman–Crippen MR) is 59.0 cm³/mol. The van der Waals surface area contributed by atoms with Gasteiger partial charge in [0.1, 0.15) is 5.75 Å². The molecule has 0 bridgehead atoms. The lowest BCUT2D eigenvalue weighted by atomic mass is 10.1. The van der Waals surface area contributed by atoms with Gasteiger partial charge in [-0.3, -0.25) is 9.59 Å².